The van der Waals surface area contributed by atoms with E-state index in [4.69, 9.17) is 0 Å². The van der Waals surface area contributed by atoms with Crippen molar-refractivity contribution in [2.75, 3.05) is 0 Å². The summed E-state index contributed by atoms with van der Waals surface area (Å²) >= 11 is 0. The molecular formula is C12H16N2. The van der Waals surface area contributed by atoms with Gasteiger partial charge in [-0.3, -0.25) is 0 Å². The summed E-state index contributed by atoms with van der Waals surface area (Å²) < 4.78 is 2.16. The first-order valence-electron chi connectivity index (χ1n) is 5.04. The zero-order chi connectivity index (χ0) is 10.3. The average Bonchev–Trinajstić information content (AvgIpc) is 2.50. The highest BCUT2D eigenvalue weighted by Crippen LogP contribution is 2.24. The minimum Gasteiger partial charge on any atom is -0.304 e. The highest BCUT2D eigenvalue weighted by Gasteiger charge is 2.10. The third-order valence-electron chi connectivity index (χ3n) is 2.77. The zero-order valence-electron chi connectivity index (χ0n) is 9.20. The molecule has 0 aromatic carbocycles. The molecule has 0 unspecified atom stereocenters. The third kappa shape index (κ3) is 1.22. The number of nitrogens with zero attached hydrogens (tertiary/aromatic N) is 2. The van der Waals surface area contributed by atoms with Gasteiger partial charge in [0, 0.05) is 18.1 Å². The van der Waals surface area contributed by atoms with Crippen molar-refractivity contribution in [1.82, 2.24) is 9.38 Å². The van der Waals surface area contributed by atoms with E-state index in [1.165, 1.54) is 16.8 Å². The molecule has 0 aliphatic heterocycles. The second-order valence-electron chi connectivity index (χ2n) is 4.14. The molecule has 0 radical (unpaired) electrons. The van der Waals surface area contributed by atoms with Gasteiger partial charge < -0.3 is 4.40 Å². The van der Waals surface area contributed by atoms with Crippen LogP contribution in [0.2, 0.25) is 0 Å². The maximum absolute atomic E-state index is 4.30. The molecule has 2 heterocycles. The Labute approximate surface area is 84.6 Å². The molecule has 2 rings (SSSR count). The van der Waals surface area contributed by atoms with Gasteiger partial charge in [0.25, 0.3) is 0 Å². The van der Waals surface area contributed by atoms with E-state index in [1.54, 1.807) is 0 Å². The maximum atomic E-state index is 4.30. The van der Waals surface area contributed by atoms with Gasteiger partial charge in [-0.25, -0.2) is 4.98 Å². The SMILES string of the molecule is Cc1cc2nccn2c(C)c1C(C)C. The number of aromatic nitrogens is 2. The maximum Gasteiger partial charge on any atom is 0.137 e. The van der Waals surface area contributed by atoms with Crippen LogP contribution in [0.4, 0.5) is 0 Å². The molecule has 0 saturated carbocycles. The van der Waals surface area contributed by atoms with Crippen molar-refractivity contribution >= 4 is 5.65 Å². The zero-order valence-corrected chi connectivity index (χ0v) is 9.20. The smallest absolute Gasteiger partial charge is 0.137 e. The van der Waals surface area contributed by atoms with Gasteiger partial charge >= 0.3 is 0 Å². The minimum absolute atomic E-state index is 0.571. The van der Waals surface area contributed by atoms with Crippen molar-refractivity contribution in [2.45, 2.75) is 33.6 Å². The predicted octanol–water partition coefficient (Wildman–Crippen LogP) is 3.07. The van der Waals surface area contributed by atoms with Gasteiger partial charge in [0.15, 0.2) is 0 Å². The fourth-order valence-corrected chi connectivity index (χ4v) is 2.27. The summed E-state index contributed by atoms with van der Waals surface area (Å²) in [7, 11) is 0. The molecule has 0 atom stereocenters. The molecule has 74 valence electrons. The van der Waals surface area contributed by atoms with Crippen molar-refractivity contribution in [1.29, 1.82) is 0 Å². The largest absolute Gasteiger partial charge is 0.304 e. The van der Waals surface area contributed by atoms with Crippen LogP contribution in [0.3, 0.4) is 0 Å². The number of hydrogen-bond acceptors (Lipinski definition) is 1. The first-order chi connectivity index (χ1) is 6.61. The number of rotatable bonds is 1. The Bertz CT molecular complexity index is 466. The number of fused-ring (bicyclic) bond motifs is 1. The van der Waals surface area contributed by atoms with Crippen molar-refractivity contribution in [3.05, 3.63) is 35.3 Å². The lowest BCUT2D eigenvalue weighted by Crippen LogP contribution is -2.02. The van der Waals surface area contributed by atoms with Gasteiger partial charge in [0.05, 0.1) is 0 Å². The molecule has 0 fully saturated rings. The van der Waals surface area contributed by atoms with E-state index in [9.17, 15) is 0 Å². The molecule has 0 N–H and O–H groups in total. The molecule has 2 aromatic rings. The fraction of sp³-hybridized carbons (Fsp3) is 0.417. The van der Waals surface area contributed by atoms with Crippen LogP contribution in [0.1, 0.15) is 36.6 Å². The molecular weight excluding hydrogens is 172 g/mol. The fourth-order valence-electron chi connectivity index (χ4n) is 2.27. The van der Waals surface area contributed by atoms with Gasteiger partial charge in [0.2, 0.25) is 0 Å². The van der Waals surface area contributed by atoms with Crippen molar-refractivity contribution in [3.63, 3.8) is 0 Å². The first kappa shape index (κ1) is 9.25. The lowest BCUT2D eigenvalue weighted by Gasteiger charge is -2.14. The van der Waals surface area contributed by atoms with E-state index in [0.717, 1.165) is 5.65 Å². The van der Waals surface area contributed by atoms with E-state index >= 15 is 0 Å². The van der Waals surface area contributed by atoms with Crippen molar-refractivity contribution in [2.24, 2.45) is 0 Å². The molecule has 0 amide bonds. The summed E-state index contributed by atoms with van der Waals surface area (Å²) in [6, 6.07) is 2.16. The van der Waals surface area contributed by atoms with E-state index in [0.29, 0.717) is 5.92 Å². The third-order valence-corrected chi connectivity index (χ3v) is 2.77. The van der Waals surface area contributed by atoms with E-state index < -0.39 is 0 Å². The summed E-state index contributed by atoms with van der Waals surface area (Å²) in [5.41, 5.74) is 5.14. The normalized spacial score (nSPS) is 11.5. The molecule has 14 heavy (non-hydrogen) atoms. The van der Waals surface area contributed by atoms with Crippen LogP contribution in [0.15, 0.2) is 18.5 Å². The second-order valence-corrected chi connectivity index (χ2v) is 4.14. The van der Waals surface area contributed by atoms with Crippen LogP contribution >= 0.6 is 0 Å². The molecule has 0 spiro atoms. The monoisotopic (exact) mass is 188 g/mol. The molecule has 2 heteroatoms. The van der Waals surface area contributed by atoms with E-state index in [-0.39, 0.29) is 0 Å². The Morgan fingerprint density at radius 2 is 2.00 bits per heavy atom. The predicted molar refractivity (Wildman–Crippen MR) is 58.8 cm³/mol. The number of pyridine rings is 1. The topological polar surface area (TPSA) is 17.3 Å². The molecule has 0 saturated heterocycles. The Balaban J connectivity index is 2.82. The van der Waals surface area contributed by atoms with Crippen LogP contribution in [0, 0.1) is 13.8 Å². The molecule has 2 nitrogen and oxygen atoms in total. The molecule has 2 aromatic heterocycles. The standard InChI is InChI=1S/C12H16N2/c1-8(2)12-9(3)7-11-13-5-6-14(11)10(12)4/h5-8H,1-4H3. The Morgan fingerprint density at radius 3 is 2.64 bits per heavy atom. The lowest BCUT2D eigenvalue weighted by atomic mass is 9.97. The quantitative estimate of drug-likeness (QED) is 0.672. The number of aryl methyl sites for hydroxylation is 2. The number of hydrogen-bond donors (Lipinski definition) is 0. The number of imidazole rings is 1. The summed E-state index contributed by atoms with van der Waals surface area (Å²) in [4.78, 5) is 4.30. The second kappa shape index (κ2) is 3.12. The summed E-state index contributed by atoms with van der Waals surface area (Å²) in [5, 5.41) is 0. The molecule has 0 aliphatic rings. The van der Waals surface area contributed by atoms with Gasteiger partial charge in [-0.05, 0) is 37.0 Å². The Morgan fingerprint density at radius 1 is 1.29 bits per heavy atom. The van der Waals surface area contributed by atoms with Crippen LogP contribution in [-0.2, 0) is 0 Å². The average molecular weight is 188 g/mol. The summed E-state index contributed by atoms with van der Waals surface area (Å²) in [6.45, 7) is 8.80. The van der Waals surface area contributed by atoms with Crippen molar-refractivity contribution in [3.8, 4) is 0 Å². The van der Waals surface area contributed by atoms with Gasteiger partial charge in [-0.2, -0.15) is 0 Å². The summed E-state index contributed by atoms with van der Waals surface area (Å²) in [5.74, 6) is 0.571. The van der Waals surface area contributed by atoms with Gasteiger partial charge in [-0.1, -0.05) is 13.8 Å². The van der Waals surface area contributed by atoms with E-state index in [2.05, 4.69) is 43.1 Å². The Hall–Kier alpha value is -1.31. The van der Waals surface area contributed by atoms with Gasteiger partial charge in [-0.15, -0.1) is 0 Å². The van der Waals surface area contributed by atoms with Crippen LogP contribution in [0.5, 0.6) is 0 Å². The minimum atomic E-state index is 0.571. The highest BCUT2D eigenvalue weighted by atomic mass is 15.0. The molecule has 0 bridgehead atoms. The van der Waals surface area contributed by atoms with E-state index in [1.807, 2.05) is 12.4 Å². The Kier molecular flexibility index (Phi) is 2.06. The van der Waals surface area contributed by atoms with Crippen LogP contribution in [-0.4, -0.2) is 9.38 Å². The molecule has 0 aliphatic carbocycles. The summed E-state index contributed by atoms with van der Waals surface area (Å²) in [6.07, 6.45) is 3.88. The van der Waals surface area contributed by atoms with Crippen LogP contribution in [0.25, 0.3) is 5.65 Å². The lowest BCUT2D eigenvalue weighted by molar-refractivity contribution is 0.824. The van der Waals surface area contributed by atoms with Gasteiger partial charge in [0.1, 0.15) is 5.65 Å². The van der Waals surface area contributed by atoms with Crippen molar-refractivity contribution < 1.29 is 0 Å². The van der Waals surface area contributed by atoms with Crippen LogP contribution < -0.4 is 0 Å². The highest BCUT2D eigenvalue weighted by molar-refractivity contribution is 5.48. The first-order valence-corrected chi connectivity index (χ1v) is 5.04.